The summed E-state index contributed by atoms with van der Waals surface area (Å²) < 4.78 is 7.27. The van der Waals surface area contributed by atoms with Gasteiger partial charge < -0.3 is 10.1 Å². The van der Waals surface area contributed by atoms with Gasteiger partial charge >= 0.3 is 0 Å². The third-order valence-corrected chi connectivity index (χ3v) is 4.52. The summed E-state index contributed by atoms with van der Waals surface area (Å²) in [6, 6.07) is 17.0. The Morgan fingerprint density at radius 2 is 1.96 bits per heavy atom. The van der Waals surface area contributed by atoms with E-state index in [-0.39, 0.29) is 12.5 Å². The molecule has 0 saturated carbocycles. The fourth-order valence-corrected chi connectivity index (χ4v) is 2.86. The fraction of sp³-hybridized carbons (Fsp3) is 0.143. The number of hydrogen-bond donors (Lipinski definition) is 1. The maximum atomic E-state index is 12.3. The SMILES string of the molecule is Cc1cccc(OCC(=O)Nc2cccc(-c3ccc4nncn4n3)c2)c1C. The van der Waals surface area contributed by atoms with Gasteiger partial charge in [-0.1, -0.05) is 24.3 Å². The molecule has 1 N–H and O–H groups in total. The van der Waals surface area contributed by atoms with Crippen LogP contribution in [0.3, 0.4) is 0 Å². The quantitative estimate of drug-likeness (QED) is 0.580. The molecule has 2 heterocycles. The molecule has 0 bridgehead atoms. The molecule has 0 radical (unpaired) electrons. The van der Waals surface area contributed by atoms with Crippen LogP contribution in [0.1, 0.15) is 11.1 Å². The summed E-state index contributed by atoms with van der Waals surface area (Å²) in [4.78, 5) is 12.3. The Balaban J connectivity index is 1.45. The summed E-state index contributed by atoms with van der Waals surface area (Å²) in [5.74, 6) is 0.496. The predicted molar refractivity (Wildman–Crippen MR) is 106 cm³/mol. The summed E-state index contributed by atoms with van der Waals surface area (Å²) in [5, 5.41) is 15.1. The van der Waals surface area contributed by atoms with Crippen molar-refractivity contribution in [2.75, 3.05) is 11.9 Å². The van der Waals surface area contributed by atoms with Crippen molar-refractivity contribution < 1.29 is 9.53 Å². The lowest BCUT2D eigenvalue weighted by Gasteiger charge is -2.11. The topological polar surface area (TPSA) is 81.4 Å². The second kappa shape index (κ2) is 7.48. The van der Waals surface area contributed by atoms with Crippen LogP contribution in [-0.4, -0.2) is 32.3 Å². The number of benzene rings is 2. The van der Waals surface area contributed by atoms with E-state index in [0.717, 1.165) is 28.1 Å². The first kappa shape index (κ1) is 17.7. The number of ether oxygens (including phenoxy) is 1. The third-order valence-electron chi connectivity index (χ3n) is 4.52. The van der Waals surface area contributed by atoms with Gasteiger partial charge in [0, 0.05) is 11.3 Å². The average Bonchev–Trinajstić information content (AvgIpc) is 3.17. The van der Waals surface area contributed by atoms with Crippen LogP contribution in [0.2, 0.25) is 0 Å². The molecule has 4 rings (SSSR count). The molecule has 7 heteroatoms. The summed E-state index contributed by atoms with van der Waals surface area (Å²) in [5.41, 5.74) is 5.16. The minimum Gasteiger partial charge on any atom is -0.483 e. The Labute approximate surface area is 162 Å². The highest BCUT2D eigenvalue weighted by Gasteiger charge is 2.08. The summed E-state index contributed by atoms with van der Waals surface area (Å²) in [6.45, 7) is 3.93. The van der Waals surface area contributed by atoms with Gasteiger partial charge in [-0.15, -0.1) is 10.2 Å². The van der Waals surface area contributed by atoms with E-state index in [1.807, 2.05) is 68.4 Å². The van der Waals surface area contributed by atoms with E-state index in [9.17, 15) is 4.79 Å². The van der Waals surface area contributed by atoms with Crippen LogP contribution in [-0.2, 0) is 4.79 Å². The Morgan fingerprint density at radius 1 is 1.11 bits per heavy atom. The zero-order valence-electron chi connectivity index (χ0n) is 15.6. The smallest absolute Gasteiger partial charge is 0.262 e. The highest BCUT2D eigenvalue weighted by Crippen LogP contribution is 2.22. The zero-order valence-corrected chi connectivity index (χ0v) is 15.6. The molecule has 0 saturated heterocycles. The van der Waals surface area contributed by atoms with Crippen LogP contribution in [0.25, 0.3) is 16.9 Å². The van der Waals surface area contributed by atoms with Gasteiger partial charge in [0.15, 0.2) is 12.3 Å². The number of anilines is 1. The average molecular weight is 373 g/mol. The van der Waals surface area contributed by atoms with Gasteiger partial charge in [0.25, 0.3) is 5.91 Å². The van der Waals surface area contributed by atoms with Crippen molar-refractivity contribution >= 4 is 17.2 Å². The molecule has 0 aliphatic carbocycles. The first-order chi connectivity index (χ1) is 13.6. The molecule has 1 amide bonds. The molecular formula is C21H19N5O2. The Hall–Kier alpha value is -3.74. The first-order valence-electron chi connectivity index (χ1n) is 8.86. The third kappa shape index (κ3) is 3.68. The molecule has 0 unspecified atom stereocenters. The lowest BCUT2D eigenvalue weighted by molar-refractivity contribution is -0.118. The Morgan fingerprint density at radius 3 is 2.86 bits per heavy atom. The van der Waals surface area contributed by atoms with Crippen molar-refractivity contribution in [1.29, 1.82) is 0 Å². The van der Waals surface area contributed by atoms with E-state index in [4.69, 9.17) is 4.74 Å². The molecule has 0 aliphatic rings. The molecular weight excluding hydrogens is 354 g/mol. The molecule has 140 valence electrons. The monoisotopic (exact) mass is 373 g/mol. The van der Waals surface area contributed by atoms with E-state index in [1.54, 1.807) is 10.8 Å². The molecule has 2 aromatic heterocycles. The number of nitrogens with zero attached hydrogens (tertiary/aromatic N) is 4. The zero-order chi connectivity index (χ0) is 19.5. The van der Waals surface area contributed by atoms with Gasteiger partial charge in [-0.3, -0.25) is 4.79 Å². The van der Waals surface area contributed by atoms with Gasteiger partial charge in [0.05, 0.1) is 5.69 Å². The highest BCUT2D eigenvalue weighted by atomic mass is 16.5. The van der Waals surface area contributed by atoms with E-state index >= 15 is 0 Å². The number of rotatable bonds is 5. The molecule has 0 fully saturated rings. The van der Waals surface area contributed by atoms with Gasteiger partial charge in [0.2, 0.25) is 0 Å². The molecule has 7 nitrogen and oxygen atoms in total. The number of hydrogen-bond acceptors (Lipinski definition) is 5. The molecule has 0 atom stereocenters. The molecule has 28 heavy (non-hydrogen) atoms. The second-order valence-electron chi connectivity index (χ2n) is 6.47. The van der Waals surface area contributed by atoms with E-state index in [2.05, 4.69) is 20.6 Å². The van der Waals surface area contributed by atoms with Gasteiger partial charge in [0.1, 0.15) is 12.1 Å². The normalized spacial score (nSPS) is 10.8. The standard InChI is InChI=1S/C21H19N5O2/c1-14-5-3-8-19(15(14)2)28-12-21(27)23-17-7-4-6-16(11-17)18-9-10-20-24-22-13-26(20)25-18/h3-11,13H,12H2,1-2H3,(H,23,27). The number of fused-ring (bicyclic) bond motifs is 1. The molecule has 2 aromatic carbocycles. The van der Waals surface area contributed by atoms with E-state index in [0.29, 0.717) is 11.3 Å². The van der Waals surface area contributed by atoms with Gasteiger partial charge in [-0.25, -0.2) is 0 Å². The largest absolute Gasteiger partial charge is 0.483 e. The number of aryl methyl sites for hydroxylation is 1. The van der Waals surface area contributed by atoms with Crippen molar-refractivity contribution in [3.63, 3.8) is 0 Å². The van der Waals surface area contributed by atoms with Crippen molar-refractivity contribution in [3.05, 3.63) is 72.1 Å². The van der Waals surface area contributed by atoms with Crippen LogP contribution >= 0.6 is 0 Å². The number of amides is 1. The van der Waals surface area contributed by atoms with Crippen LogP contribution < -0.4 is 10.1 Å². The minimum atomic E-state index is -0.222. The molecule has 0 aliphatic heterocycles. The van der Waals surface area contributed by atoms with E-state index in [1.165, 1.54) is 0 Å². The lowest BCUT2D eigenvalue weighted by atomic mass is 10.1. The summed E-state index contributed by atoms with van der Waals surface area (Å²) in [6.07, 6.45) is 1.55. The molecule has 0 spiro atoms. The molecule has 4 aromatic rings. The Kier molecular flexibility index (Phi) is 4.72. The van der Waals surface area contributed by atoms with Crippen molar-refractivity contribution in [2.45, 2.75) is 13.8 Å². The van der Waals surface area contributed by atoms with Crippen molar-refractivity contribution in [3.8, 4) is 17.0 Å². The maximum absolute atomic E-state index is 12.3. The van der Waals surface area contributed by atoms with E-state index < -0.39 is 0 Å². The Bertz CT molecular complexity index is 1150. The van der Waals surface area contributed by atoms with Crippen LogP contribution in [0, 0.1) is 13.8 Å². The second-order valence-corrected chi connectivity index (χ2v) is 6.47. The minimum absolute atomic E-state index is 0.0561. The highest BCUT2D eigenvalue weighted by molar-refractivity contribution is 5.92. The maximum Gasteiger partial charge on any atom is 0.262 e. The number of nitrogens with one attached hydrogen (secondary N) is 1. The number of aromatic nitrogens is 4. The fourth-order valence-electron chi connectivity index (χ4n) is 2.86. The van der Waals surface area contributed by atoms with Gasteiger partial charge in [-0.2, -0.15) is 9.61 Å². The van der Waals surface area contributed by atoms with Crippen LogP contribution in [0.15, 0.2) is 60.9 Å². The summed E-state index contributed by atoms with van der Waals surface area (Å²) in [7, 11) is 0. The lowest BCUT2D eigenvalue weighted by Crippen LogP contribution is -2.20. The first-order valence-corrected chi connectivity index (χ1v) is 8.86. The number of carbonyl (C=O) groups is 1. The van der Waals surface area contributed by atoms with Gasteiger partial charge in [-0.05, 0) is 55.3 Å². The van der Waals surface area contributed by atoms with Crippen molar-refractivity contribution in [1.82, 2.24) is 19.8 Å². The van der Waals surface area contributed by atoms with Crippen molar-refractivity contribution in [2.24, 2.45) is 0 Å². The van der Waals surface area contributed by atoms with Crippen LogP contribution in [0.4, 0.5) is 5.69 Å². The number of carbonyl (C=O) groups excluding carboxylic acids is 1. The van der Waals surface area contributed by atoms with Crippen LogP contribution in [0.5, 0.6) is 5.75 Å². The predicted octanol–water partition coefficient (Wildman–Crippen LogP) is 3.43. The summed E-state index contributed by atoms with van der Waals surface area (Å²) >= 11 is 0.